The van der Waals surface area contributed by atoms with Crippen LogP contribution in [0.2, 0.25) is 0 Å². The van der Waals surface area contributed by atoms with Crippen molar-refractivity contribution >= 4 is 17.4 Å². The van der Waals surface area contributed by atoms with Gasteiger partial charge in [0.15, 0.2) is 5.78 Å². The number of hydrogen-bond donors (Lipinski definition) is 2. The third-order valence-electron chi connectivity index (χ3n) is 5.55. The molecule has 4 rings (SSSR count). The lowest BCUT2D eigenvalue weighted by atomic mass is 9.91. The number of aryl methyl sites for hydroxylation is 1. The van der Waals surface area contributed by atoms with Gasteiger partial charge < -0.3 is 10.6 Å². The molecular weight excluding hydrogens is 376 g/mol. The molecule has 0 spiro atoms. The van der Waals surface area contributed by atoms with E-state index in [0.717, 1.165) is 42.9 Å². The zero-order valence-electron chi connectivity index (χ0n) is 17.3. The van der Waals surface area contributed by atoms with Crippen molar-refractivity contribution in [2.24, 2.45) is 0 Å². The number of aromatic nitrogens is 2. The maximum atomic E-state index is 13.2. The molecule has 2 aromatic carbocycles. The number of amides is 1. The quantitative estimate of drug-likeness (QED) is 0.630. The first-order valence-electron chi connectivity index (χ1n) is 10.3. The van der Waals surface area contributed by atoms with Crippen molar-refractivity contribution in [1.82, 2.24) is 15.1 Å². The van der Waals surface area contributed by atoms with Gasteiger partial charge in [-0.1, -0.05) is 24.3 Å². The first-order valence-corrected chi connectivity index (χ1v) is 10.3. The summed E-state index contributed by atoms with van der Waals surface area (Å²) < 4.78 is 1.91. The summed E-state index contributed by atoms with van der Waals surface area (Å²) in [5, 5.41) is 10.9. The first-order chi connectivity index (χ1) is 14.5. The summed E-state index contributed by atoms with van der Waals surface area (Å²) in [7, 11) is 0. The fourth-order valence-corrected chi connectivity index (χ4v) is 4.00. The van der Waals surface area contributed by atoms with E-state index in [1.54, 1.807) is 30.5 Å². The summed E-state index contributed by atoms with van der Waals surface area (Å²) in [4.78, 5) is 24.9. The average molecular weight is 402 g/mol. The van der Waals surface area contributed by atoms with E-state index in [2.05, 4.69) is 21.8 Å². The predicted molar refractivity (Wildman–Crippen MR) is 118 cm³/mol. The molecule has 0 bridgehead atoms. The number of piperidine rings is 1. The fraction of sp³-hybridized carbons (Fsp3) is 0.292. The fourth-order valence-electron chi connectivity index (χ4n) is 4.00. The molecule has 6 heteroatoms. The van der Waals surface area contributed by atoms with Gasteiger partial charge in [0, 0.05) is 17.2 Å². The van der Waals surface area contributed by atoms with Crippen LogP contribution in [-0.4, -0.2) is 34.6 Å². The molecule has 2 N–H and O–H groups in total. The Hall–Kier alpha value is -3.25. The van der Waals surface area contributed by atoms with E-state index >= 15 is 0 Å². The van der Waals surface area contributed by atoms with E-state index in [1.807, 2.05) is 29.8 Å². The van der Waals surface area contributed by atoms with Crippen LogP contribution in [0, 0.1) is 6.92 Å². The highest BCUT2D eigenvalue weighted by Crippen LogP contribution is 2.31. The largest absolute Gasteiger partial charge is 0.322 e. The van der Waals surface area contributed by atoms with Gasteiger partial charge in [0.05, 0.1) is 23.1 Å². The second-order valence-corrected chi connectivity index (χ2v) is 7.81. The second kappa shape index (κ2) is 8.63. The van der Waals surface area contributed by atoms with Crippen LogP contribution in [-0.2, 0) is 0 Å². The zero-order valence-corrected chi connectivity index (χ0v) is 17.3. The molecule has 0 aliphatic carbocycles. The lowest BCUT2D eigenvalue weighted by molar-refractivity contribution is 0.101. The molecule has 154 valence electrons. The van der Waals surface area contributed by atoms with Crippen molar-refractivity contribution in [2.45, 2.75) is 32.6 Å². The number of ketones is 1. The van der Waals surface area contributed by atoms with E-state index in [-0.39, 0.29) is 17.6 Å². The number of benzene rings is 2. The molecule has 1 amide bonds. The lowest BCUT2D eigenvalue weighted by Gasteiger charge is -2.24. The Labute approximate surface area is 176 Å². The summed E-state index contributed by atoms with van der Waals surface area (Å²) in [6.07, 6.45) is 3.57. The molecule has 0 unspecified atom stereocenters. The Kier molecular flexibility index (Phi) is 5.77. The maximum Gasteiger partial charge on any atom is 0.259 e. The smallest absolute Gasteiger partial charge is 0.259 e. The normalized spacial score (nSPS) is 14.5. The Morgan fingerprint density at radius 2 is 1.87 bits per heavy atom. The minimum absolute atomic E-state index is 0.0336. The SMILES string of the molecule is CC(=O)c1cccc(NC(=O)c2cnn(-c3cccc(C)c3)c2C2CCNCC2)c1. The first kappa shape index (κ1) is 20.0. The van der Waals surface area contributed by atoms with E-state index < -0.39 is 0 Å². The van der Waals surface area contributed by atoms with Crippen molar-refractivity contribution in [2.75, 3.05) is 18.4 Å². The maximum absolute atomic E-state index is 13.2. The Bertz CT molecular complexity index is 1080. The number of anilines is 1. The highest BCUT2D eigenvalue weighted by atomic mass is 16.1. The number of carbonyl (C=O) groups is 2. The highest BCUT2D eigenvalue weighted by molar-refractivity contribution is 6.06. The number of hydrogen-bond acceptors (Lipinski definition) is 4. The van der Waals surface area contributed by atoms with Crippen LogP contribution >= 0.6 is 0 Å². The van der Waals surface area contributed by atoms with Crippen molar-refractivity contribution < 1.29 is 9.59 Å². The molecule has 1 fully saturated rings. The van der Waals surface area contributed by atoms with Gasteiger partial charge >= 0.3 is 0 Å². The molecule has 0 saturated carbocycles. The number of Topliss-reactive ketones (excluding diaryl/α,β-unsaturated/α-hetero) is 1. The van der Waals surface area contributed by atoms with Gasteiger partial charge in [0.2, 0.25) is 0 Å². The average Bonchev–Trinajstić information content (AvgIpc) is 3.20. The number of carbonyl (C=O) groups excluding carboxylic acids is 2. The monoisotopic (exact) mass is 402 g/mol. The minimum Gasteiger partial charge on any atom is -0.322 e. The molecule has 1 aliphatic rings. The van der Waals surface area contributed by atoms with Gasteiger partial charge in [0.1, 0.15) is 0 Å². The molecule has 0 atom stereocenters. The summed E-state index contributed by atoms with van der Waals surface area (Å²) >= 11 is 0. The molecule has 2 heterocycles. The van der Waals surface area contributed by atoms with E-state index in [9.17, 15) is 9.59 Å². The van der Waals surface area contributed by atoms with Crippen molar-refractivity contribution in [3.05, 3.63) is 77.1 Å². The van der Waals surface area contributed by atoms with Crippen molar-refractivity contribution in [3.63, 3.8) is 0 Å². The van der Waals surface area contributed by atoms with E-state index in [0.29, 0.717) is 16.8 Å². The van der Waals surface area contributed by atoms with Crippen LogP contribution < -0.4 is 10.6 Å². The van der Waals surface area contributed by atoms with Gasteiger partial charge in [-0.15, -0.1) is 0 Å². The molecule has 3 aromatic rings. The lowest BCUT2D eigenvalue weighted by Crippen LogP contribution is -2.29. The van der Waals surface area contributed by atoms with Crippen LogP contribution in [0.5, 0.6) is 0 Å². The van der Waals surface area contributed by atoms with E-state index in [1.165, 1.54) is 6.92 Å². The Morgan fingerprint density at radius 1 is 1.10 bits per heavy atom. The summed E-state index contributed by atoms with van der Waals surface area (Å²) in [5.74, 6) is 0.00969. The predicted octanol–water partition coefficient (Wildman–Crippen LogP) is 4.10. The highest BCUT2D eigenvalue weighted by Gasteiger charge is 2.27. The molecule has 1 saturated heterocycles. The summed E-state index contributed by atoms with van der Waals surface area (Å²) in [6.45, 7) is 5.41. The third kappa shape index (κ3) is 4.19. The van der Waals surface area contributed by atoms with Gasteiger partial charge in [0.25, 0.3) is 5.91 Å². The number of rotatable bonds is 5. The van der Waals surface area contributed by atoms with Gasteiger partial charge in [-0.2, -0.15) is 5.10 Å². The molecule has 1 aliphatic heterocycles. The van der Waals surface area contributed by atoms with Gasteiger partial charge in [-0.25, -0.2) is 4.68 Å². The molecule has 6 nitrogen and oxygen atoms in total. The Balaban J connectivity index is 1.71. The number of nitrogens with one attached hydrogen (secondary N) is 2. The zero-order chi connectivity index (χ0) is 21.1. The van der Waals surface area contributed by atoms with Crippen LogP contribution in [0.3, 0.4) is 0 Å². The van der Waals surface area contributed by atoms with Crippen molar-refractivity contribution in [1.29, 1.82) is 0 Å². The van der Waals surface area contributed by atoms with Gasteiger partial charge in [-0.3, -0.25) is 9.59 Å². The van der Waals surface area contributed by atoms with Crippen LogP contribution in [0.25, 0.3) is 5.69 Å². The molecular formula is C24H26N4O2. The molecule has 0 radical (unpaired) electrons. The van der Waals surface area contributed by atoms with Crippen LogP contribution in [0.4, 0.5) is 5.69 Å². The van der Waals surface area contributed by atoms with E-state index in [4.69, 9.17) is 0 Å². The molecule has 1 aromatic heterocycles. The standard InChI is InChI=1S/C24H26N4O2/c1-16-5-3-8-21(13-16)28-23(18-9-11-25-12-10-18)22(15-26-28)24(30)27-20-7-4-6-19(14-20)17(2)29/h3-8,13-15,18,25H,9-12H2,1-2H3,(H,27,30). The van der Waals surface area contributed by atoms with Crippen LogP contribution in [0.15, 0.2) is 54.7 Å². The topological polar surface area (TPSA) is 76.0 Å². The summed E-state index contributed by atoms with van der Waals surface area (Å²) in [6, 6.07) is 15.2. The second-order valence-electron chi connectivity index (χ2n) is 7.81. The molecule has 30 heavy (non-hydrogen) atoms. The summed E-state index contributed by atoms with van der Waals surface area (Å²) in [5.41, 5.74) is 4.81. The third-order valence-corrected chi connectivity index (χ3v) is 5.55. The minimum atomic E-state index is -0.205. The van der Waals surface area contributed by atoms with Crippen LogP contribution in [0.1, 0.15) is 57.7 Å². The van der Waals surface area contributed by atoms with Crippen molar-refractivity contribution in [3.8, 4) is 5.69 Å². The number of nitrogens with zero attached hydrogens (tertiary/aromatic N) is 2. The van der Waals surface area contributed by atoms with Gasteiger partial charge in [-0.05, 0) is 69.6 Å². The Morgan fingerprint density at radius 3 is 2.60 bits per heavy atom.